The maximum absolute atomic E-state index is 12.3. The van der Waals surface area contributed by atoms with Gasteiger partial charge in [0.2, 0.25) is 0 Å². The third-order valence-electron chi connectivity index (χ3n) is 3.49. The molecule has 20 heavy (non-hydrogen) atoms. The minimum Gasteiger partial charge on any atom is -0.399 e. The number of aryl methyl sites for hydroxylation is 1. The van der Waals surface area contributed by atoms with Crippen LogP contribution in [0.5, 0.6) is 0 Å². The lowest BCUT2D eigenvalue weighted by atomic mass is 10.1. The normalized spacial score (nSPS) is 13.1. The number of benzene rings is 2. The highest BCUT2D eigenvalue weighted by Crippen LogP contribution is 2.23. The van der Waals surface area contributed by atoms with Gasteiger partial charge in [0.25, 0.3) is 5.91 Å². The molecule has 1 aliphatic heterocycles. The molecule has 3 rings (SSSR count). The Kier molecular flexibility index (Phi) is 3.16. The summed E-state index contributed by atoms with van der Waals surface area (Å²) >= 11 is 0. The van der Waals surface area contributed by atoms with E-state index in [0.717, 1.165) is 22.4 Å². The standard InChI is InChI=1S/C16H16N2O2/c1-10-2-5-14(17)7-15(10)18-16(19)11-3-4-12-8-20-9-13(12)6-11/h2-7H,8-9,17H2,1H3,(H,18,19). The lowest BCUT2D eigenvalue weighted by Crippen LogP contribution is -2.13. The topological polar surface area (TPSA) is 64.3 Å². The van der Waals surface area contributed by atoms with Crippen molar-refractivity contribution in [1.29, 1.82) is 0 Å². The molecule has 0 bridgehead atoms. The highest BCUT2D eigenvalue weighted by atomic mass is 16.5. The van der Waals surface area contributed by atoms with Gasteiger partial charge in [0, 0.05) is 16.9 Å². The number of fused-ring (bicyclic) bond motifs is 1. The van der Waals surface area contributed by atoms with Gasteiger partial charge in [-0.25, -0.2) is 0 Å². The first-order valence-corrected chi connectivity index (χ1v) is 6.50. The van der Waals surface area contributed by atoms with Gasteiger partial charge in [0.05, 0.1) is 13.2 Å². The number of anilines is 2. The zero-order valence-electron chi connectivity index (χ0n) is 11.3. The lowest BCUT2D eigenvalue weighted by Gasteiger charge is -2.10. The molecule has 1 aliphatic rings. The molecule has 2 aromatic rings. The van der Waals surface area contributed by atoms with E-state index in [2.05, 4.69) is 5.32 Å². The van der Waals surface area contributed by atoms with Crippen LogP contribution >= 0.6 is 0 Å². The van der Waals surface area contributed by atoms with Crippen molar-refractivity contribution in [3.8, 4) is 0 Å². The first-order valence-electron chi connectivity index (χ1n) is 6.50. The first kappa shape index (κ1) is 12.7. The molecule has 0 saturated carbocycles. The Balaban J connectivity index is 1.84. The number of rotatable bonds is 2. The zero-order chi connectivity index (χ0) is 14.1. The van der Waals surface area contributed by atoms with Gasteiger partial charge < -0.3 is 15.8 Å². The van der Waals surface area contributed by atoms with E-state index in [9.17, 15) is 4.79 Å². The van der Waals surface area contributed by atoms with E-state index in [1.54, 1.807) is 6.07 Å². The van der Waals surface area contributed by atoms with Crippen molar-refractivity contribution >= 4 is 17.3 Å². The number of carbonyl (C=O) groups is 1. The van der Waals surface area contributed by atoms with Gasteiger partial charge in [-0.3, -0.25) is 4.79 Å². The molecule has 1 amide bonds. The predicted molar refractivity (Wildman–Crippen MR) is 78.5 cm³/mol. The van der Waals surface area contributed by atoms with Crippen molar-refractivity contribution < 1.29 is 9.53 Å². The Morgan fingerprint density at radius 2 is 1.95 bits per heavy atom. The average molecular weight is 268 g/mol. The highest BCUT2D eigenvalue weighted by Gasteiger charge is 2.14. The van der Waals surface area contributed by atoms with Crippen molar-refractivity contribution in [2.75, 3.05) is 11.1 Å². The monoisotopic (exact) mass is 268 g/mol. The molecule has 4 nitrogen and oxygen atoms in total. The smallest absolute Gasteiger partial charge is 0.255 e. The Hall–Kier alpha value is -2.33. The molecular formula is C16H16N2O2. The summed E-state index contributed by atoms with van der Waals surface area (Å²) < 4.78 is 5.35. The average Bonchev–Trinajstić information content (AvgIpc) is 2.90. The number of nitrogen functional groups attached to an aromatic ring is 1. The molecule has 0 fully saturated rings. The van der Waals surface area contributed by atoms with Crippen LogP contribution in [0.1, 0.15) is 27.0 Å². The molecule has 0 saturated heterocycles. The van der Waals surface area contributed by atoms with Gasteiger partial charge in [0.15, 0.2) is 0 Å². The Morgan fingerprint density at radius 1 is 1.15 bits per heavy atom. The van der Waals surface area contributed by atoms with Crippen LogP contribution < -0.4 is 11.1 Å². The van der Waals surface area contributed by atoms with Gasteiger partial charge >= 0.3 is 0 Å². The number of carbonyl (C=O) groups excluding carboxylic acids is 1. The van der Waals surface area contributed by atoms with E-state index in [0.29, 0.717) is 24.5 Å². The number of nitrogens with one attached hydrogen (secondary N) is 1. The van der Waals surface area contributed by atoms with Crippen LogP contribution in [0.4, 0.5) is 11.4 Å². The van der Waals surface area contributed by atoms with Crippen LogP contribution in [0, 0.1) is 6.92 Å². The molecule has 0 unspecified atom stereocenters. The van der Waals surface area contributed by atoms with Gasteiger partial charge in [-0.2, -0.15) is 0 Å². The Morgan fingerprint density at radius 3 is 2.80 bits per heavy atom. The van der Waals surface area contributed by atoms with Crippen molar-refractivity contribution in [3.05, 3.63) is 58.7 Å². The molecule has 4 heteroatoms. The number of ether oxygens (including phenoxy) is 1. The first-order chi connectivity index (χ1) is 9.63. The van der Waals surface area contributed by atoms with E-state index >= 15 is 0 Å². The number of hydrogen-bond acceptors (Lipinski definition) is 3. The predicted octanol–water partition coefficient (Wildman–Crippen LogP) is 2.86. The van der Waals surface area contributed by atoms with E-state index in [-0.39, 0.29) is 5.91 Å². The minimum absolute atomic E-state index is 0.131. The fraction of sp³-hybridized carbons (Fsp3) is 0.188. The zero-order valence-corrected chi connectivity index (χ0v) is 11.3. The minimum atomic E-state index is -0.131. The van der Waals surface area contributed by atoms with Crippen LogP contribution in [0.2, 0.25) is 0 Å². The van der Waals surface area contributed by atoms with E-state index in [4.69, 9.17) is 10.5 Å². The van der Waals surface area contributed by atoms with E-state index in [1.165, 1.54) is 0 Å². The molecule has 0 spiro atoms. The summed E-state index contributed by atoms with van der Waals surface area (Å²) in [6.45, 7) is 3.14. The summed E-state index contributed by atoms with van der Waals surface area (Å²) in [5.74, 6) is -0.131. The second-order valence-electron chi connectivity index (χ2n) is 5.00. The maximum atomic E-state index is 12.3. The van der Waals surface area contributed by atoms with E-state index < -0.39 is 0 Å². The third-order valence-corrected chi connectivity index (χ3v) is 3.49. The highest BCUT2D eigenvalue weighted by molar-refractivity contribution is 6.05. The quantitative estimate of drug-likeness (QED) is 0.823. The van der Waals surface area contributed by atoms with Crippen LogP contribution in [0.3, 0.4) is 0 Å². The second-order valence-corrected chi connectivity index (χ2v) is 5.00. The molecule has 102 valence electrons. The lowest BCUT2D eigenvalue weighted by molar-refractivity contribution is 0.102. The molecule has 0 atom stereocenters. The van der Waals surface area contributed by atoms with Gasteiger partial charge in [-0.1, -0.05) is 12.1 Å². The van der Waals surface area contributed by atoms with Gasteiger partial charge in [0.1, 0.15) is 0 Å². The molecule has 0 aliphatic carbocycles. The summed E-state index contributed by atoms with van der Waals surface area (Å²) in [4.78, 5) is 12.3. The van der Waals surface area contributed by atoms with Gasteiger partial charge in [-0.15, -0.1) is 0 Å². The van der Waals surface area contributed by atoms with Crippen LogP contribution in [-0.4, -0.2) is 5.91 Å². The largest absolute Gasteiger partial charge is 0.399 e. The summed E-state index contributed by atoms with van der Waals surface area (Å²) in [5, 5.41) is 2.90. The van der Waals surface area contributed by atoms with Crippen molar-refractivity contribution in [2.24, 2.45) is 0 Å². The summed E-state index contributed by atoms with van der Waals surface area (Å²) in [7, 11) is 0. The summed E-state index contributed by atoms with van der Waals surface area (Å²) in [6.07, 6.45) is 0. The van der Waals surface area contributed by atoms with Crippen LogP contribution in [0.15, 0.2) is 36.4 Å². The van der Waals surface area contributed by atoms with Gasteiger partial charge in [-0.05, 0) is 47.9 Å². The Bertz CT molecular complexity index is 680. The number of amides is 1. The van der Waals surface area contributed by atoms with E-state index in [1.807, 2.05) is 37.3 Å². The van der Waals surface area contributed by atoms with Crippen LogP contribution in [-0.2, 0) is 18.0 Å². The third kappa shape index (κ3) is 2.38. The molecule has 2 aromatic carbocycles. The van der Waals surface area contributed by atoms with Crippen LogP contribution in [0.25, 0.3) is 0 Å². The van der Waals surface area contributed by atoms with Crippen molar-refractivity contribution in [2.45, 2.75) is 20.1 Å². The fourth-order valence-corrected chi connectivity index (χ4v) is 2.28. The molecule has 1 heterocycles. The van der Waals surface area contributed by atoms with Crippen molar-refractivity contribution in [3.63, 3.8) is 0 Å². The van der Waals surface area contributed by atoms with Crippen molar-refractivity contribution in [1.82, 2.24) is 0 Å². The number of nitrogens with two attached hydrogens (primary N) is 1. The fourth-order valence-electron chi connectivity index (χ4n) is 2.28. The summed E-state index contributed by atoms with van der Waals surface area (Å²) in [5.41, 5.74) is 11.0. The maximum Gasteiger partial charge on any atom is 0.255 e. The SMILES string of the molecule is Cc1ccc(N)cc1NC(=O)c1ccc2c(c1)COC2. The molecule has 0 radical (unpaired) electrons. The number of hydrogen-bond donors (Lipinski definition) is 2. The molecular weight excluding hydrogens is 252 g/mol. The molecule has 3 N–H and O–H groups in total. The summed E-state index contributed by atoms with van der Waals surface area (Å²) in [6, 6.07) is 11.1. The second kappa shape index (κ2) is 4.98. The molecule has 0 aromatic heterocycles. The Labute approximate surface area is 117 Å².